The molecule has 3 aromatic carbocycles. The normalized spacial score (nSPS) is 16.7. The topological polar surface area (TPSA) is 36.3 Å². The largest absolute Gasteiger partial charge is 0.493 e. The van der Waals surface area contributed by atoms with Crippen LogP contribution in [0.15, 0.2) is 78.9 Å². The first-order valence-corrected chi connectivity index (χ1v) is 13.9. The molecule has 1 heterocycles. The fraction of sp³-hybridized carbons (Fsp3) is 0.364. The second-order valence-corrected chi connectivity index (χ2v) is 10.4. The first-order chi connectivity index (χ1) is 18.3. The van der Waals surface area contributed by atoms with Gasteiger partial charge >= 0.3 is 0 Å². The zero-order valence-corrected chi connectivity index (χ0v) is 21.7. The molecule has 2 fully saturated rings. The summed E-state index contributed by atoms with van der Waals surface area (Å²) in [5.41, 5.74) is 5.67. The van der Waals surface area contributed by atoms with Crippen LogP contribution in [0.2, 0.25) is 0 Å². The van der Waals surface area contributed by atoms with Crippen LogP contribution in [-0.2, 0) is 0 Å². The molecule has 0 spiro atoms. The number of nitrogens with zero attached hydrogens (tertiary/aromatic N) is 2. The minimum Gasteiger partial charge on any atom is -0.493 e. The van der Waals surface area contributed by atoms with Crippen molar-refractivity contribution in [3.8, 4) is 45.4 Å². The van der Waals surface area contributed by atoms with Gasteiger partial charge in [-0.15, -0.1) is 0 Å². The van der Waals surface area contributed by atoms with E-state index in [0.29, 0.717) is 12.1 Å². The molecule has 4 nitrogen and oxygen atoms in total. The van der Waals surface area contributed by atoms with Gasteiger partial charge in [-0.05, 0) is 56.7 Å². The lowest BCUT2D eigenvalue weighted by Gasteiger charge is -2.27. The van der Waals surface area contributed by atoms with E-state index in [4.69, 9.17) is 14.5 Å². The molecule has 2 aliphatic rings. The van der Waals surface area contributed by atoms with Crippen LogP contribution in [0.1, 0.15) is 63.8 Å². The van der Waals surface area contributed by atoms with Gasteiger partial charge in [0.05, 0.1) is 24.6 Å². The number of hydrogen-bond acceptors (Lipinski definition) is 3. The average Bonchev–Trinajstić information content (AvgIpc) is 3.63. The van der Waals surface area contributed by atoms with Crippen LogP contribution in [0.5, 0.6) is 11.5 Å². The Morgan fingerprint density at radius 1 is 0.676 bits per heavy atom. The van der Waals surface area contributed by atoms with Gasteiger partial charge in [-0.1, -0.05) is 79.9 Å². The van der Waals surface area contributed by atoms with E-state index in [-0.39, 0.29) is 0 Å². The number of ether oxygens (including phenoxy) is 2. The van der Waals surface area contributed by atoms with Crippen molar-refractivity contribution in [1.29, 1.82) is 0 Å². The molecule has 4 aromatic rings. The van der Waals surface area contributed by atoms with E-state index in [0.717, 1.165) is 47.0 Å². The van der Waals surface area contributed by atoms with Crippen molar-refractivity contribution < 1.29 is 9.47 Å². The van der Waals surface area contributed by atoms with Crippen LogP contribution >= 0.6 is 0 Å². The summed E-state index contributed by atoms with van der Waals surface area (Å²) < 4.78 is 14.7. The Morgan fingerprint density at radius 3 is 2.00 bits per heavy atom. The van der Waals surface area contributed by atoms with E-state index in [9.17, 15) is 0 Å². The second-order valence-electron chi connectivity index (χ2n) is 10.4. The Morgan fingerprint density at radius 2 is 1.32 bits per heavy atom. The lowest BCUT2D eigenvalue weighted by Crippen LogP contribution is -2.15. The van der Waals surface area contributed by atoms with E-state index in [1.165, 1.54) is 56.2 Å². The second kappa shape index (κ2) is 10.8. The number of aromatic nitrogens is 2. The highest BCUT2D eigenvalue weighted by Gasteiger charge is 2.28. The molecule has 0 amide bonds. The minimum absolute atomic E-state index is 0.290. The number of imidazole rings is 1. The van der Waals surface area contributed by atoms with Crippen LogP contribution in [0, 0.1) is 0 Å². The summed E-state index contributed by atoms with van der Waals surface area (Å²) in [5.74, 6) is 2.63. The third kappa shape index (κ3) is 4.90. The molecule has 0 atom stereocenters. The Labute approximate surface area is 220 Å². The molecule has 4 heteroatoms. The maximum Gasteiger partial charge on any atom is 0.161 e. The van der Waals surface area contributed by atoms with Gasteiger partial charge in [0, 0.05) is 22.7 Å². The molecule has 37 heavy (non-hydrogen) atoms. The quantitative estimate of drug-likeness (QED) is 0.259. The van der Waals surface area contributed by atoms with E-state index in [2.05, 4.69) is 83.4 Å². The fourth-order valence-electron chi connectivity index (χ4n) is 6.09. The van der Waals surface area contributed by atoms with Crippen molar-refractivity contribution >= 4 is 0 Å². The molecule has 190 valence electrons. The maximum atomic E-state index is 6.35. The van der Waals surface area contributed by atoms with Gasteiger partial charge in [0.25, 0.3) is 0 Å². The Kier molecular flexibility index (Phi) is 6.98. The zero-order valence-electron chi connectivity index (χ0n) is 21.7. The van der Waals surface area contributed by atoms with Crippen molar-refractivity contribution in [3.63, 3.8) is 0 Å². The third-order valence-corrected chi connectivity index (χ3v) is 7.96. The third-order valence-electron chi connectivity index (χ3n) is 7.96. The molecule has 0 N–H and O–H groups in total. The Balaban J connectivity index is 1.52. The highest BCUT2D eigenvalue weighted by atomic mass is 16.5. The predicted molar refractivity (Wildman–Crippen MR) is 150 cm³/mol. The van der Waals surface area contributed by atoms with Crippen LogP contribution in [-0.4, -0.2) is 22.8 Å². The number of benzene rings is 3. The first-order valence-electron chi connectivity index (χ1n) is 13.9. The van der Waals surface area contributed by atoms with Crippen molar-refractivity contribution in [3.05, 3.63) is 78.9 Å². The van der Waals surface area contributed by atoms with Gasteiger partial charge in [0.2, 0.25) is 0 Å². The van der Waals surface area contributed by atoms with Crippen molar-refractivity contribution in [2.75, 3.05) is 7.11 Å². The summed E-state index contributed by atoms with van der Waals surface area (Å²) >= 11 is 0. The zero-order chi connectivity index (χ0) is 25.0. The first kappa shape index (κ1) is 23.8. The van der Waals surface area contributed by atoms with E-state index in [1.807, 2.05) is 0 Å². The Hall–Kier alpha value is -3.53. The van der Waals surface area contributed by atoms with Crippen LogP contribution < -0.4 is 9.47 Å². The van der Waals surface area contributed by atoms with Gasteiger partial charge < -0.3 is 14.0 Å². The molecule has 2 saturated carbocycles. The lowest BCUT2D eigenvalue weighted by molar-refractivity contribution is 0.201. The SMILES string of the molecule is COc1cc(-c2nc(-c3ccccc3)c(-c3ccccc3)n2C2CCCCC2)ccc1OC1CCCC1. The number of methoxy groups -OCH3 is 1. The minimum atomic E-state index is 0.290. The van der Waals surface area contributed by atoms with Gasteiger partial charge in [0.15, 0.2) is 11.5 Å². The standard InChI is InChI=1S/C33H36N2O2/c1-36-30-23-26(21-22-29(30)37-28-19-11-12-20-28)33-34-31(24-13-5-2-6-14-24)32(25-15-7-3-8-16-25)35(33)27-17-9-4-10-18-27/h2-3,5-8,13-16,21-23,27-28H,4,9-12,17-20H2,1H3. The molecule has 0 bridgehead atoms. The molecular weight excluding hydrogens is 456 g/mol. The van der Waals surface area contributed by atoms with E-state index >= 15 is 0 Å². The highest BCUT2D eigenvalue weighted by Crippen LogP contribution is 2.43. The number of rotatable bonds is 7. The molecule has 0 radical (unpaired) electrons. The van der Waals surface area contributed by atoms with Crippen LogP contribution in [0.3, 0.4) is 0 Å². The highest BCUT2D eigenvalue weighted by molar-refractivity contribution is 5.82. The van der Waals surface area contributed by atoms with Crippen LogP contribution in [0.4, 0.5) is 0 Å². The van der Waals surface area contributed by atoms with Crippen LogP contribution in [0.25, 0.3) is 33.9 Å². The van der Waals surface area contributed by atoms with Crippen molar-refractivity contribution in [2.24, 2.45) is 0 Å². The van der Waals surface area contributed by atoms with E-state index < -0.39 is 0 Å². The van der Waals surface area contributed by atoms with Crippen molar-refractivity contribution in [2.45, 2.75) is 69.9 Å². The Bertz CT molecular complexity index is 1320. The molecule has 2 aliphatic carbocycles. The van der Waals surface area contributed by atoms with Crippen molar-refractivity contribution in [1.82, 2.24) is 9.55 Å². The molecule has 0 saturated heterocycles. The molecule has 0 aliphatic heterocycles. The molecule has 6 rings (SSSR count). The van der Waals surface area contributed by atoms with E-state index in [1.54, 1.807) is 7.11 Å². The monoisotopic (exact) mass is 492 g/mol. The lowest BCUT2D eigenvalue weighted by atomic mass is 9.94. The summed E-state index contributed by atoms with van der Waals surface area (Å²) in [6, 6.07) is 28.2. The summed E-state index contributed by atoms with van der Waals surface area (Å²) in [4.78, 5) is 5.38. The summed E-state index contributed by atoms with van der Waals surface area (Å²) in [7, 11) is 1.74. The summed E-state index contributed by atoms with van der Waals surface area (Å²) in [6.45, 7) is 0. The molecule has 1 aromatic heterocycles. The number of hydrogen-bond donors (Lipinski definition) is 0. The average molecular weight is 493 g/mol. The fourth-order valence-corrected chi connectivity index (χ4v) is 6.09. The smallest absolute Gasteiger partial charge is 0.161 e. The van der Waals surface area contributed by atoms with Gasteiger partial charge in [0.1, 0.15) is 5.82 Å². The van der Waals surface area contributed by atoms with Gasteiger partial charge in [-0.3, -0.25) is 0 Å². The predicted octanol–water partition coefficient (Wildman–Crippen LogP) is 8.72. The molecule has 0 unspecified atom stereocenters. The maximum absolute atomic E-state index is 6.35. The summed E-state index contributed by atoms with van der Waals surface area (Å²) in [5, 5.41) is 0. The van der Waals surface area contributed by atoms with Gasteiger partial charge in [-0.25, -0.2) is 4.98 Å². The molecular formula is C33H36N2O2. The summed E-state index contributed by atoms with van der Waals surface area (Å²) in [6.07, 6.45) is 11.2. The van der Waals surface area contributed by atoms with Gasteiger partial charge in [-0.2, -0.15) is 0 Å².